The Kier molecular flexibility index (Phi) is 4.00. The van der Waals surface area contributed by atoms with E-state index in [2.05, 4.69) is 39.5 Å². The number of nitrogen functional groups attached to an aromatic ring is 1. The lowest BCUT2D eigenvalue weighted by Gasteiger charge is -2.03. The first-order valence-corrected chi connectivity index (χ1v) is 7.99. The zero-order chi connectivity index (χ0) is 17.1. The molecule has 3 aromatic heterocycles. The average Bonchev–Trinajstić information content (AvgIpc) is 3.29. The van der Waals surface area contributed by atoms with Gasteiger partial charge in [-0.15, -0.1) is 0 Å². The molecule has 0 amide bonds. The number of nitrogens with zero attached hydrogens (tertiary/aromatic N) is 4. The summed E-state index contributed by atoms with van der Waals surface area (Å²) in [6, 6.07) is 15.9. The smallest absolute Gasteiger partial charge is 0.170 e. The van der Waals surface area contributed by atoms with E-state index in [9.17, 15) is 0 Å². The maximum atomic E-state index is 5.88. The van der Waals surface area contributed by atoms with Crippen LogP contribution in [0, 0.1) is 0 Å². The molecule has 0 unspecified atom stereocenters. The van der Waals surface area contributed by atoms with Gasteiger partial charge >= 0.3 is 0 Å². The fourth-order valence-corrected chi connectivity index (χ4v) is 2.70. The van der Waals surface area contributed by atoms with Crippen LogP contribution in [0.1, 0.15) is 16.8 Å². The summed E-state index contributed by atoms with van der Waals surface area (Å²) in [5.41, 5.74) is 9.87. The second kappa shape index (κ2) is 6.60. The third-order valence-electron chi connectivity index (χ3n) is 3.97. The molecule has 124 valence electrons. The monoisotopic (exact) mass is 331 g/mol. The van der Waals surface area contributed by atoms with E-state index in [4.69, 9.17) is 10.3 Å². The Morgan fingerprint density at radius 1 is 1.00 bits per heavy atom. The number of pyridine rings is 1. The van der Waals surface area contributed by atoms with Crippen LogP contribution in [0.15, 0.2) is 71.6 Å². The lowest BCUT2D eigenvalue weighted by molar-refractivity contribution is 0.425. The van der Waals surface area contributed by atoms with Crippen molar-refractivity contribution in [2.24, 2.45) is 0 Å². The van der Waals surface area contributed by atoms with Crippen molar-refractivity contribution < 1.29 is 4.52 Å². The Balaban J connectivity index is 1.47. The topological polar surface area (TPSA) is 82.8 Å². The van der Waals surface area contributed by atoms with Gasteiger partial charge in [0.15, 0.2) is 5.76 Å². The average molecular weight is 331 g/mol. The summed E-state index contributed by atoms with van der Waals surface area (Å²) in [5.74, 6) is 1.07. The Bertz CT molecular complexity index is 958. The number of benzene rings is 1. The molecule has 6 nitrogen and oxygen atoms in total. The maximum Gasteiger partial charge on any atom is 0.170 e. The third-order valence-corrected chi connectivity index (χ3v) is 3.97. The summed E-state index contributed by atoms with van der Waals surface area (Å²) in [6.07, 6.45) is 6.09. The molecule has 0 radical (unpaired) electrons. The van der Waals surface area contributed by atoms with Crippen LogP contribution in [0.5, 0.6) is 0 Å². The molecule has 0 bridgehead atoms. The first kappa shape index (κ1) is 15.1. The largest absolute Gasteiger partial charge is 0.383 e. The van der Waals surface area contributed by atoms with Gasteiger partial charge in [0.05, 0.1) is 17.8 Å². The molecule has 2 N–H and O–H groups in total. The first-order valence-electron chi connectivity index (χ1n) is 7.99. The molecule has 0 atom stereocenters. The van der Waals surface area contributed by atoms with Crippen LogP contribution in [0.3, 0.4) is 0 Å². The molecule has 0 aliphatic carbocycles. The molecular formula is C19H17N5O. The van der Waals surface area contributed by atoms with Crippen molar-refractivity contribution in [3.63, 3.8) is 0 Å². The summed E-state index contributed by atoms with van der Waals surface area (Å²) < 4.78 is 7.32. The lowest BCUT2D eigenvalue weighted by Crippen LogP contribution is -1.99. The van der Waals surface area contributed by atoms with Crippen molar-refractivity contribution in [3.05, 3.63) is 83.9 Å². The molecule has 0 saturated heterocycles. The van der Waals surface area contributed by atoms with Crippen LogP contribution < -0.4 is 5.73 Å². The van der Waals surface area contributed by atoms with Gasteiger partial charge in [-0.2, -0.15) is 5.10 Å². The predicted octanol–water partition coefficient (Wildman–Crippen LogP) is 3.15. The van der Waals surface area contributed by atoms with E-state index in [1.807, 2.05) is 35.1 Å². The Hall–Kier alpha value is -3.41. The molecule has 25 heavy (non-hydrogen) atoms. The number of anilines is 1. The molecule has 1 aromatic carbocycles. The number of rotatable bonds is 5. The molecule has 3 heterocycles. The first-order chi connectivity index (χ1) is 12.3. The van der Waals surface area contributed by atoms with Gasteiger partial charge in [-0.3, -0.25) is 4.68 Å². The molecule has 0 saturated carbocycles. The van der Waals surface area contributed by atoms with Crippen molar-refractivity contribution in [2.45, 2.75) is 13.0 Å². The van der Waals surface area contributed by atoms with Crippen LogP contribution in [0.2, 0.25) is 0 Å². The van der Waals surface area contributed by atoms with Gasteiger partial charge in [0.1, 0.15) is 5.82 Å². The van der Waals surface area contributed by atoms with Gasteiger partial charge < -0.3 is 10.3 Å². The summed E-state index contributed by atoms with van der Waals surface area (Å²) in [7, 11) is 0. The second-order valence-corrected chi connectivity index (χ2v) is 5.82. The van der Waals surface area contributed by atoms with Gasteiger partial charge in [0.25, 0.3) is 0 Å². The maximum absolute atomic E-state index is 5.88. The summed E-state index contributed by atoms with van der Waals surface area (Å²) >= 11 is 0. The van der Waals surface area contributed by atoms with E-state index in [-0.39, 0.29) is 0 Å². The minimum Gasteiger partial charge on any atom is -0.383 e. The van der Waals surface area contributed by atoms with Gasteiger partial charge in [0.2, 0.25) is 0 Å². The molecule has 0 aliphatic heterocycles. The summed E-state index contributed by atoms with van der Waals surface area (Å²) in [4.78, 5) is 4.07. The van der Waals surface area contributed by atoms with Crippen molar-refractivity contribution in [2.75, 3.05) is 5.73 Å². The minimum absolute atomic E-state index is 0.438. The highest BCUT2D eigenvalue weighted by atomic mass is 16.5. The van der Waals surface area contributed by atoms with E-state index >= 15 is 0 Å². The van der Waals surface area contributed by atoms with Gasteiger partial charge in [0, 0.05) is 31.1 Å². The van der Waals surface area contributed by atoms with Crippen LogP contribution in [0.4, 0.5) is 5.82 Å². The SMILES string of the molecule is Nc1ncccc1-c1cc(Cc2ccc(Cn3cccn3)cc2)no1. The van der Waals surface area contributed by atoms with Gasteiger partial charge in [-0.25, -0.2) is 4.98 Å². The molecule has 4 aromatic rings. The van der Waals surface area contributed by atoms with Crippen molar-refractivity contribution in [3.8, 4) is 11.3 Å². The molecule has 0 aliphatic rings. The fourth-order valence-electron chi connectivity index (χ4n) is 2.70. The Morgan fingerprint density at radius 2 is 1.84 bits per heavy atom. The van der Waals surface area contributed by atoms with Crippen LogP contribution in [-0.4, -0.2) is 19.9 Å². The van der Waals surface area contributed by atoms with E-state index < -0.39 is 0 Å². The summed E-state index contributed by atoms with van der Waals surface area (Å²) in [6.45, 7) is 0.766. The van der Waals surface area contributed by atoms with Crippen LogP contribution in [0.25, 0.3) is 11.3 Å². The number of hydrogen-bond acceptors (Lipinski definition) is 5. The van der Waals surface area contributed by atoms with Crippen LogP contribution in [-0.2, 0) is 13.0 Å². The highest BCUT2D eigenvalue weighted by molar-refractivity contribution is 5.69. The number of aromatic nitrogens is 4. The van der Waals surface area contributed by atoms with E-state index in [1.165, 1.54) is 11.1 Å². The molecule has 0 fully saturated rings. The quantitative estimate of drug-likeness (QED) is 0.607. The zero-order valence-electron chi connectivity index (χ0n) is 13.5. The standard InChI is InChI=1S/C19H17N5O/c20-19-17(3-1-8-21-19)18-12-16(23-25-18)11-14-4-6-15(7-5-14)13-24-10-2-9-22-24/h1-10,12H,11,13H2,(H2,20,21). The molecule has 4 rings (SSSR count). The number of nitrogens with two attached hydrogens (primary N) is 1. The van der Waals surface area contributed by atoms with E-state index in [0.29, 0.717) is 18.0 Å². The van der Waals surface area contributed by atoms with Gasteiger partial charge in [-0.05, 0) is 29.3 Å². The Morgan fingerprint density at radius 3 is 2.60 bits per heavy atom. The Labute approximate surface area is 144 Å². The van der Waals surface area contributed by atoms with E-state index in [1.54, 1.807) is 12.4 Å². The van der Waals surface area contributed by atoms with E-state index in [0.717, 1.165) is 17.8 Å². The highest BCUT2D eigenvalue weighted by Crippen LogP contribution is 2.25. The van der Waals surface area contributed by atoms with Crippen molar-refractivity contribution in [1.29, 1.82) is 0 Å². The minimum atomic E-state index is 0.438. The lowest BCUT2D eigenvalue weighted by atomic mass is 10.1. The van der Waals surface area contributed by atoms with Crippen LogP contribution >= 0.6 is 0 Å². The molecule has 0 spiro atoms. The fraction of sp³-hybridized carbons (Fsp3) is 0.105. The van der Waals surface area contributed by atoms with Gasteiger partial charge in [-0.1, -0.05) is 29.4 Å². The normalized spacial score (nSPS) is 10.9. The predicted molar refractivity (Wildman–Crippen MR) is 94.7 cm³/mol. The highest BCUT2D eigenvalue weighted by Gasteiger charge is 2.10. The molecule has 6 heteroatoms. The summed E-state index contributed by atoms with van der Waals surface area (Å²) in [5, 5.41) is 8.36. The number of hydrogen-bond donors (Lipinski definition) is 1. The third kappa shape index (κ3) is 3.42. The van der Waals surface area contributed by atoms with Crippen molar-refractivity contribution >= 4 is 5.82 Å². The zero-order valence-corrected chi connectivity index (χ0v) is 13.5. The van der Waals surface area contributed by atoms with Crippen molar-refractivity contribution in [1.82, 2.24) is 19.9 Å². The second-order valence-electron chi connectivity index (χ2n) is 5.82. The molecular weight excluding hydrogens is 314 g/mol.